The first-order valence-corrected chi connectivity index (χ1v) is 6.03. The number of carbonyl (C=O) groups excluding carboxylic acids is 1. The van der Waals surface area contributed by atoms with Crippen molar-refractivity contribution in [1.29, 1.82) is 0 Å². The van der Waals surface area contributed by atoms with Crippen LogP contribution < -0.4 is 5.32 Å². The lowest BCUT2D eigenvalue weighted by atomic mass is 10.2. The zero-order chi connectivity index (χ0) is 13.7. The van der Waals surface area contributed by atoms with Crippen molar-refractivity contribution in [3.63, 3.8) is 0 Å². The van der Waals surface area contributed by atoms with Gasteiger partial charge in [0.15, 0.2) is 0 Å². The molecule has 0 atom stereocenters. The minimum absolute atomic E-state index is 0.333. The van der Waals surface area contributed by atoms with Crippen LogP contribution in [0.25, 0.3) is 0 Å². The van der Waals surface area contributed by atoms with Crippen LogP contribution in [0.4, 0.5) is 5.69 Å². The number of methoxy groups -OCH3 is 1. The zero-order valence-electron chi connectivity index (χ0n) is 11.0. The predicted octanol–water partition coefficient (Wildman–Crippen LogP) is 2.79. The van der Waals surface area contributed by atoms with Crippen molar-refractivity contribution in [3.05, 3.63) is 59.4 Å². The van der Waals surface area contributed by atoms with Gasteiger partial charge in [-0.15, -0.1) is 0 Å². The van der Waals surface area contributed by atoms with Gasteiger partial charge in [0, 0.05) is 24.1 Å². The van der Waals surface area contributed by atoms with Gasteiger partial charge in [-0.3, -0.25) is 4.98 Å². The summed E-state index contributed by atoms with van der Waals surface area (Å²) in [6.07, 6.45) is 1.84. The van der Waals surface area contributed by atoms with Crippen molar-refractivity contribution in [3.8, 4) is 0 Å². The lowest BCUT2D eigenvalue weighted by molar-refractivity contribution is 0.0601. The van der Waals surface area contributed by atoms with E-state index in [-0.39, 0.29) is 5.97 Å². The van der Waals surface area contributed by atoms with E-state index in [9.17, 15) is 4.79 Å². The summed E-state index contributed by atoms with van der Waals surface area (Å²) in [7, 11) is 1.38. The Labute approximate surface area is 112 Å². The lowest BCUT2D eigenvalue weighted by Gasteiger charge is -2.08. The molecule has 0 saturated carbocycles. The molecule has 2 rings (SSSR count). The molecule has 1 N–H and O–H groups in total. The van der Waals surface area contributed by atoms with Crippen molar-refractivity contribution < 1.29 is 9.53 Å². The quantitative estimate of drug-likeness (QED) is 0.855. The summed E-state index contributed by atoms with van der Waals surface area (Å²) < 4.78 is 4.69. The summed E-state index contributed by atoms with van der Waals surface area (Å²) in [6.45, 7) is 2.62. The predicted molar refractivity (Wildman–Crippen MR) is 74.1 cm³/mol. The third kappa shape index (κ3) is 3.55. The minimum atomic E-state index is -0.333. The van der Waals surface area contributed by atoms with Crippen LogP contribution in [0.3, 0.4) is 0 Å². The molecule has 0 spiro atoms. The van der Waals surface area contributed by atoms with Crippen LogP contribution in [-0.4, -0.2) is 18.1 Å². The van der Waals surface area contributed by atoms with Gasteiger partial charge in [0.05, 0.1) is 12.7 Å². The molecule has 0 aliphatic carbocycles. The third-order valence-corrected chi connectivity index (χ3v) is 2.75. The number of hydrogen-bond acceptors (Lipinski definition) is 4. The first kappa shape index (κ1) is 13.1. The van der Waals surface area contributed by atoms with Crippen LogP contribution in [0.5, 0.6) is 0 Å². The summed E-state index contributed by atoms with van der Waals surface area (Å²) >= 11 is 0. The van der Waals surface area contributed by atoms with Gasteiger partial charge in [-0.2, -0.15) is 0 Å². The molecular weight excluding hydrogens is 240 g/mol. The van der Waals surface area contributed by atoms with Crippen LogP contribution in [0.1, 0.15) is 21.6 Å². The van der Waals surface area contributed by atoms with E-state index in [0.29, 0.717) is 12.1 Å². The summed E-state index contributed by atoms with van der Waals surface area (Å²) in [5.74, 6) is -0.333. The molecule has 0 aliphatic heterocycles. The van der Waals surface area contributed by atoms with E-state index in [2.05, 4.69) is 10.3 Å². The highest BCUT2D eigenvalue weighted by Crippen LogP contribution is 2.13. The Morgan fingerprint density at radius 2 is 2.16 bits per heavy atom. The van der Waals surface area contributed by atoms with Crippen molar-refractivity contribution in [2.75, 3.05) is 12.4 Å². The van der Waals surface area contributed by atoms with Crippen LogP contribution in [0, 0.1) is 6.92 Å². The Kier molecular flexibility index (Phi) is 4.13. The molecule has 0 radical (unpaired) electrons. The Bertz CT molecular complexity index is 565. The van der Waals surface area contributed by atoms with E-state index in [4.69, 9.17) is 4.74 Å². The average molecular weight is 256 g/mol. The van der Waals surface area contributed by atoms with Crippen LogP contribution in [0.15, 0.2) is 42.6 Å². The second kappa shape index (κ2) is 6.00. The van der Waals surface area contributed by atoms with Crippen molar-refractivity contribution in [1.82, 2.24) is 4.98 Å². The second-order valence-electron chi connectivity index (χ2n) is 4.23. The van der Waals surface area contributed by atoms with E-state index < -0.39 is 0 Å². The van der Waals surface area contributed by atoms with E-state index in [1.165, 1.54) is 7.11 Å². The van der Waals surface area contributed by atoms with Gasteiger partial charge < -0.3 is 10.1 Å². The van der Waals surface area contributed by atoms with Crippen LogP contribution in [0.2, 0.25) is 0 Å². The number of carbonyl (C=O) groups is 1. The Balaban J connectivity index is 2.03. The number of nitrogens with one attached hydrogen (secondary N) is 1. The van der Waals surface area contributed by atoms with Gasteiger partial charge in [0.2, 0.25) is 0 Å². The molecular formula is C15H16N2O2. The molecule has 0 unspecified atom stereocenters. The molecule has 4 nitrogen and oxygen atoms in total. The topological polar surface area (TPSA) is 51.2 Å². The Morgan fingerprint density at radius 1 is 1.32 bits per heavy atom. The molecule has 1 heterocycles. The maximum atomic E-state index is 11.4. The molecule has 4 heteroatoms. The average Bonchev–Trinajstić information content (AvgIpc) is 2.46. The van der Waals surface area contributed by atoms with Gasteiger partial charge in [0.1, 0.15) is 0 Å². The summed E-state index contributed by atoms with van der Waals surface area (Å²) in [6, 6.07) is 11.2. The summed E-state index contributed by atoms with van der Waals surface area (Å²) in [5.41, 5.74) is 3.50. The Morgan fingerprint density at radius 3 is 2.84 bits per heavy atom. The van der Waals surface area contributed by atoms with Crippen molar-refractivity contribution in [2.45, 2.75) is 13.5 Å². The SMILES string of the molecule is COC(=O)c1cccc(NCc2ccc(C)nc2)c1. The molecule has 0 amide bonds. The molecule has 0 fully saturated rings. The highest BCUT2D eigenvalue weighted by molar-refractivity contribution is 5.90. The molecule has 2 aromatic rings. The van der Waals surface area contributed by atoms with Crippen molar-refractivity contribution >= 4 is 11.7 Å². The maximum Gasteiger partial charge on any atom is 0.337 e. The number of aryl methyl sites for hydroxylation is 1. The first-order valence-electron chi connectivity index (χ1n) is 6.03. The molecule has 19 heavy (non-hydrogen) atoms. The first-order chi connectivity index (χ1) is 9.19. The molecule has 98 valence electrons. The second-order valence-corrected chi connectivity index (χ2v) is 4.23. The van der Waals surface area contributed by atoms with Gasteiger partial charge in [-0.25, -0.2) is 4.79 Å². The van der Waals surface area contributed by atoms with Gasteiger partial charge in [-0.1, -0.05) is 12.1 Å². The number of pyridine rings is 1. The standard InChI is InChI=1S/C15H16N2O2/c1-11-6-7-12(9-16-11)10-17-14-5-3-4-13(8-14)15(18)19-2/h3-9,17H,10H2,1-2H3. The number of rotatable bonds is 4. The number of anilines is 1. The van der Waals surface area contributed by atoms with E-state index in [0.717, 1.165) is 16.9 Å². The van der Waals surface area contributed by atoms with Gasteiger partial charge >= 0.3 is 5.97 Å². The molecule has 0 bridgehead atoms. The highest BCUT2D eigenvalue weighted by Gasteiger charge is 2.05. The lowest BCUT2D eigenvalue weighted by Crippen LogP contribution is -2.04. The summed E-state index contributed by atoms with van der Waals surface area (Å²) in [4.78, 5) is 15.7. The fourth-order valence-corrected chi connectivity index (χ4v) is 1.68. The number of nitrogens with zero attached hydrogens (tertiary/aromatic N) is 1. The molecule has 0 saturated heterocycles. The molecule has 1 aromatic heterocycles. The minimum Gasteiger partial charge on any atom is -0.465 e. The number of hydrogen-bond donors (Lipinski definition) is 1. The number of esters is 1. The number of ether oxygens (including phenoxy) is 1. The third-order valence-electron chi connectivity index (χ3n) is 2.75. The van der Waals surface area contributed by atoms with Crippen molar-refractivity contribution in [2.24, 2.45) is 0 Å². The van der Waals surface area contributed by atoms with E-state index >= 15 is 0 Å². The van der Waals surface area contributed by atoms with E-state index in [1.807, 2.05) is 37.4 Å². The molecule has 0 aliphatic rings. The van der Waals surface area contributed by atoms with Gasteiger partial charge in [-0.05, 0) is 36.8 Å². The number of benzene rings is 1. The fourth-order valence-electron chi connectivity index (χ4n) is 1.68. The molecule has 1 aromatic carbocycles. The normalized spacial score (nSPS) is 10.0. The summed E-state index contributed by atoms with van der Waals surface area (Å²) in [5, 5.41) is 3.25. The highest BCUT2D eigenvalue weighted by atomic mass is 16.5. The van der Waals surface area contributed by atoms with Crippen LogP contribution in [-0.2, 0) is 11.3 Å². The van der Waals surface area contributed by atoms with Crippen LogP contribution >= 0.6 is 0 Å². The fraction of sp³-hybridized carbons (Fsp3) is 0.200. The van der Waals surface area contributed by atoms with Gasteiger partial charge in [0.25, 0.3) is 0 Å². The smallest absolute Gasteiger partial charge is 0.337 e. The largest absolute Gasteiger partial charge is 0.465 e. The zero-order valence-corrected chi connectivity index (χ0v) is 11.0. The monoisotopic (exact) mass is 256 g/mol. The maximum absolute atomic E-state index is 11.4. The Hall–Kier alpha value is -2.36. The van der Waals surface area contributed by atoms with E-state index in [1.54, 1.807) is 12.1 Å². The number of aromatic nitrogens is 1.